The average Bonchev–Trinajstić information content (AvgIpc) is 2.32. The minimum absolute atomic E-state index is 0.648. The molecule has 0 spiro atoms. The number of carbonyl (C=O) groups is 1. The molecule has 1 aromatic heterocycles. The Labute approximate surface area is 120 Å². The van der Waals surface area contributed by atoms with Gasteiger partial charge >= 0.3 is 0 Å². The van der Waals surface area contributed by atoms with Crippen molar-refractivity contribution in [1.82, 2.24) is 4.98 Å². The Hall–Kier alpha value is -0.650. The zero-order chi connectivity index (χ0) is 12.3. The lowest BCUT2D eigenvalue weighted by atomic mass is 10.2. The molecule has 0 N–H and O–H groups in total. The van der Waals surface area contributed by atoms with Gasteiger partial charge in [-0.05, 0) is 46.3 Å². The van der Waals surface area contributed by atoms with Crippen molar-refractivity contribution in [3.8, 4) is 0 Å². The van der Waals surface area contributed by atoms with Gasteiger partial charge in [0.1, 0.15) is 5.03 Å². The molecule has 0 unspecified atom stereocenters. The van der Waals surface area contributed by atoms with Crippen LogP contribution in [0.1, 0.15) is 10.4 Å². The van der Waals surface area contributed by atoms with Crippen molar-refractivity contribution in [1.29, 1.82) is 0 Å². The molecule has 17 heavy (non-hydrogen) atoms. The van der Waals surface area contributed by atoms with Gasteiger partial charge < -0.3 is 0 Å². The van der Waals surface area contributed by atoms with Gasteiger partial charge in [0.05, 0.1) is 4.47 Å². The fraction of sp³-hybridized carbons (Fsp3) is 0. The number of hydrogen-bond donors (Lipinski definition) is 0. The highest BCUT2D eigenvalue weighted by molar-refractivity contribution is 9.10. The molecule has 0 radical (unpaired) electrons. The van der Waals surface area contributed by atoms with Gasteiger partial charge in [0.2, 0.25) is 0 Å². The van der Waals surface area contributed by atoms with Crippen LogP contribution in [0, 0.1) is 0 Å². The predicted molar refractivity (Wildman–Crippen MR) is 75.6 cm³/mol. The van der Waals surface area contributed by atoms with E-state index >= 15 is 0 Å². The van der Waals surface area contributed by atoms with Crippen molar-refractivity contribution in [2.45, 2.75) is 9.92 Å². The van der Waals surface area contributed by atoms with Crippen LogP contribution in [0.25, 0.3) is 0 Å². The van der Waals surface area contributed by atoms with Crippen LogP contribution in [-0.4, -0.2) is 11.3 Å². The number of carbonyl (C=O) groups excluding carboxylic acids is 1. The summed E-state index contributed by atoms with van der Waals surface area (Å²) in [6.07, 6.45) is 2.58. The van der Waals surface area contributed by atoms with E-state index in [1.54, 1.807) is 24.0 Å². The molecule has 0 aliphatic heterocycles. The monoisotopic (exact) mass is 371 g/mol. The molecule has 0 atom stereocenters. The zero-order valence-corrected chi connectivity index (χ0v) is 12.5. The molecule has 86 valence electrons. The predicted octanol–water partition coefficient (Wildman–Crippen LogP) is 4.57. The average molecular weight is 373 g/mol. The van der Waals surface area contributed by atoms with Crippen molar-refractivity contribution in [3.63, 3.8) is 0 Å². The van der Waals surface area contributed by atoms with Crippen LogP contribution >= 0.6 is 43.6 Å². The van der Waals surface area contributed by atoms with Crippen LogP contribution in [0.3, 0.4) is 0 Å². The van der Waals surface area contributed by atoms with Gasteiger partial charge in [0.15, 0.2) is 6.29 Å². The van der Waals surface area contributed by atoms with E-state index in [2.05, 4.69) is 36.8 Å². The first-order valence-corrected chi connectivity index (χ1v) is 7.14. The van der Waals surface area contributed by atoms with Gasteiger partial charge in [-0.1, -0.05) is 27.7 Å². The van der Waals surface area contributed by atoms with Gasteiger partial charge in [0, 0.05) is 21.1 Å². The summed E-state index contributed by atoms with van der Waals surface area (Å²) in [5.41, 5.74) is 0.648. The van der Waals surface area contributed by atoms with Crippen molar-refractivity contribution < 1.29 is 4.79 Å². The quantitative estimate of drug-likeness (QED) is 0.739. The Morgan fingerprint density at radius 3 is 2.65 bits per heavy atom. The van der Waals surface area contributed by atoms with Crippen molar-refractivity contribution in [2.24, 2.45) is 0 Å². The highest BCUT2D eigenvalue weighted by atomic mass is 79.9. The van der Waals surface area contributed by atoms with Crippen molar-refractivity contribution in [3.05, 3.63) is 51.0 Å². The molecule has 2 rings (SSSR count). The smallest absolute Gasteiger partial charge is 0.151 e. The number of rotatable bonds is 3. The molecule has 1 heterocycles. The summed E-state index contributed by atoms with van der Waals surface area (Å²) in [5, 5.41) is 0.901. The minimum Gasteiger partial charge on any atom is -0.298 e. The largest absolute Gasteiger partial charge is 0.298 e. The van der Waals surface area contributed by atoms with E-state index < -0.39 is 0 Å². The fourth-order valence-electron chi connectivity index (χ4n) is 1.22. The molecule has 0 saturated heterocycles. The summed E-state index contributed by atoms with van der Waals surface area (Å²) < 4.78 is 1.75. The van der Waals surface area contributed by atoms with E-state index in [-0.39, 0.29) is 0 Å². The number of pyridine rings is 1. The van der Waals surface area contributed by atoms with E-state index in [4.69, 9.17) is 0 Å². The number of halogens is 2. The molecule has 0 aliphatic carbocycles. The SMILES string of the molecule is O=Cc1ccc(Sc2ncccc2Br)cc1Br. The third kappa shape index (κ3) is 3.18. The highest BCUT2D eigenvalue weighted by Crippen LogP contribution is 2.33. The van der Waals surface area contributed by atoms with Crippen LogP contribution in [-0.2, 0) is 0 Å². The lowest BCUT2D eigenvalue weighted by molar-refractivity contribution is 0.112. The molecular formula is C12H7Br2NOS. The summed E-state index contributed by atoms with van der Waals surface area (Å²) in [7, 11) is 0. The molecule has 0 saturated carbocycles. The van der Waals surface area contributed by atoms with Crippen LogP contribution in [0.5, 0.6) is 0 Å². The first kappa shape index (κ1) is 12.8. The van der Waals surface area contributed by atoms with Crippen molar-refractivity contribution in [2.75, 3.05) is 0 Å². The normalized spacial score (nSPS) is 10.2. The standard InChI is InChI=1S/C12H7Br2NOS/c13-10-2-1-5-15-12(10)17-9-4-3-8(7-16)11(14)6-9/h1-7H. The van der Waals surface area contributed by atoms with E-state index in [1.165, 1.54) is 0 Å². The second kappa shape index (κ2) is 5.80. The van der Waals surface area contributed by atoms with Crippen LogP contribution in [0.2, 0.25) is 0 Å². The Morgan fingerprint density at radius 1 is 1.18 bits per heavy atom. The van der Waals surface area contributed by atoms with Crippen LogP contribution in [0.15, 0.2) is 55.4 Å². The summed E-state index contributed by atoms with van der Waals surface area (Å²) in [4.78, 5) is 16.0. The summed E-state index contributed by atoms with van der Waals surface area (Å²) in [6, 6.07) is 9.43. The molecule has 0 amide bonds. The third-order valence-corrected chi connectivity index (χ3v) is 4.64. The van der Waals surface area contributed by atoms with Gasteiger partial charge in [-0.2, -0.15) is 0 Å². The lowest BCUT2D eigenvalue weighted by Gasteiger charge is -2.04. The number of aromatic nitrogens is 1. The number of hydrogen-bond acceptors (Lipinski definition) is 3. The lowest BCUT2D eigenvalue weighted by Crippen LogP contribution is -1.84. The van der Waals surface area contributed by atoms with Gasteiger partial charge in [-0.15, -0.1) is 0 Å². The van der Waals surface area contributed by atoms with E-state index in [9.17, 15) is 4.79 Å². The van der Waals surface area contributed by atoms with Crippen molar-refractivity contribution >= 4 is 49.9 Å². The Balaban J connectivity index is 2.28. The van der Waals surface area contributed by atoms with E-state index in [0.717, 1.165) is 25.2 Å². The third-order valence-electron chi connectivity index (χ3n) is 2.04. The minimum atomic E-state index is 0.648. The van der Waals surface area contributed by atoms with Crippen LogP contribution < -0.4 is 0 Å². The van der Waals surface area contributed by atoms with Gasteiger partial charge in [-0.3, -0.25) is 4.79 Å². The molecule has 5 heteroatoms. The number of benzene rings is 1. The Kier molecular flexibility index (Phi) is 4.36. The molecule has 0 aliphatic rings. The molecular weight excluding hydrogens is 366 g/mol. The topological polar surface area (TPSA) is 30.0 Å². The molecule has 2 nitrogen and oxygen atoms in total. The van der Waals surface area contributed by atoms with Gasteiger partial charge in [-0.25, -0.2) is 4.98 Å². The fourth-order valence-corrected chi connectivity index (χ4v) is 3.16. The van der Waals surface area contributed by atoms with Gasteiger partial charge in [0.25, 0.3) is 0 Å². The Bertz CT molecular complexity index is 560. The molecule has 1 aromatic carbocycles. The summed E-state index contributed by atoms with van der Waals surface area (Å²) in [6.45, 7) is 0. The second-order valence-electron chi connectivity index (χ2n) is 3.19. The first-order valence-electron chi connectivity index (χ1n) is 4.74. The second-order valence-corrected chi connectivity index (χ2v) is 5.96. The summed E-state index contributed by atoms with van der Waals surface area (Å²) in [5.74, 6) is 0. The molecule has 0 bridgehead atoms. The maximum Gasteiger partial charge on any atom is 0.151 e. The Morgan fingerprint density at radius 2 is 2.00 bits per heavy atom. The number of aldehydes is 1. The highest BCUT2D eigenvalue weighted by Gasteiger charge is 2.05. The maximum atomic E-state index is 10.7. The first-order chi connectivity index (χ1) is 8.20. The molecule has 0 fully saturated rings. The summed E-state index contributed by atoms with van der Waals surface area (Å²) >= 11 is 8.36. The molecule has 2 aromatic rings. The van der Waals surface area contributed by atoms with Crippen LogP contribution in [0.4, 0.5) is 0 Å². The number of nitrogens with zero attached hydrogens (tertiary/aromatic N) is 1. The van der Waals surface area contributed by atoms with E-state index in [0.29, 0.717) is 5.56 Å². The van der Waals surface area contributed by atoms with E-state index in [1.807, 2.05) is 24.3 Å². The maximum absolute atomic E-state index is 10.7. The zero-order valence-electron chi connectivity index (χ0n) is 8.56.